The van der Waals surface area contributed by atoms with Crippen LogP contribution in [0.25, 0.3) is 0 Å². The summed E-state index contributed by atoms with van der Waals surface area (Å²) < 4.78 is 0. The lowest BCUT2D eigenvalue weighted by Gasteiger charge is -2.26. The molecule has 0 aliphatic rings. The van der Waals surface area contributed by atoms with Gasteiger partial charge in [-0.25, -0.2) is 0 Å². The molecule has 0 fully saturated rings. The highest BCUT2D eigenvalue weighted by molar-refractivity contribution is 5.76. The van der Waals surface area contributed by atoms with E-state index >= 15 is 0 Å². The average molecular weight is 242 g/mol. The molecule has 0 unspecified atom stereocenters. The molecule has 0 radical (unpaired) electrons. The van der Waals surface area contributed by atoms with Crippen LogP contribution < -0.4 is 5.73 Å². The van der Waals surface area contributed by atoms with Crippen molar-refractivity contribution in [3.8, 4) is 0 Å². The molecule has 0 saturated carbocycles. The van der Waals surface area contributed by atoms with E-state index in [4.69, 9.17) is 5.73 Å². The molecule has 3 nitrogen and oxygen atoms in total. The Kier molecular flexibility index (Phi) is 7.44. The van der Waals surface area contributed by atoms with Crippen LogP contribution >= 0.6 is 0 Å². The third-order valence-corrected chi connectivity index (χ3v) is 2.66. The largest absolute Gasteiger partial charge is 0.342 e. The molecule has 0 aromatic carbocycles. The van der Waals surface area contributed by atoms with Crippen molar-refractivity contribution in [2.45, 2.75) is 53.9 Å². The zero-order chi connectivity index (χ0) is 13.5. The maximum Gasteiger partial charge on any atom is 0.222 e. The number of rotatable bonds is 7. The van der Waals surface area contributed by atoms with Gasteiger partial charge in [-0.1, -0.05) is 34.6 Å². The Hall–Kier alpha value is -0.570. The summed E-state index contributed by atoms with van der Waals surface area (Å²) in [6.07, 6.45) is 2.50. The lowest BCUT2D eigenvalue weighted by atomic mass is 9.90. The molecule has 0 aliphatic carbocycles. The summed E-state index contributed by atoms with van der Waals surface area (Å²) in [6, 6.07) is 0. The molecule has 102 valence electrons. The van der Waals surface area contributed by atoms with Gasteiger partial charge in [-0.05, 0) is 30.7 Å². The van der Waals surface area contributed by atoms with Crippen LogP contribution in [0.3, 0.4) is 0 Å². The van der Waals surface area contributed by atoms with Gasteiger partial charge in [0, 0.05) is 19.5 Å². The predicted octanol–water partition coefficient (Wildman–Crippen LogP) is 2.65. The fourth-order valence-electron chi connectivity index (χ4n) is 1.68. The minimum absolute atomic E-state index is 0.229. The second-order valence-corrected chi connectivity index (χ2v) is 6.44. The maximum atomic E-state index is 12.1. The van der Waals surface area contributed by atoms with Gasteiger partial charge in [0.25, 0.3) is 0 Å². The number of nitrogens with zero attached hydrogens (tertiary/aromatic N) is 1. The smallest absolute Gasteiger partial charge is 0.222 e. The molecule has 0 saturated heterocycles. The normalized spacial score (nSPS) is 11.9. The van der Waals surface area contributed by atoms with Crippen LogP contribution in [0.1, 0.15) is 53.9 Å². The molecule has 1 amide bonds. The van der Waals surface area contributed by atoms with Gasteiger partial charge in [-0.15, -0.1) is 0 Å². The van der Waals surface area contributed by atoms with Gasteiger partial charge in [-0.2, -0.15) is 0 Å². The molecule has 0 rings (SSSR count). The van der Waals surface area contributed by atoms with Gasteiger partial charge in [0.05, 0.1) is 0 Å². The Labute approximate surface area is 107 Å². The molecule has 0 bridgehead atoms. The molecule has 0 aromatic heterocycles. The van der Waals surface area contributed by atoms with E-state index in [1.54, 1.807) is 0 Å². The summed E-state index contributed by atoms with van der Waals surface area (Å²) in [6.45, 7) is 13.1. The van der Waals surface area contributed by atoms with Crippen molar-refractivity contribution < 1.29 is 4.79 Å². The van der Waals surface area contributed by atoms with Crippen molar-refractivity contribution in [3.05, 3.63) is 0 Å². The van der Waals surface area contributed by atoms with Gasteiger partial charge >= 0.3 is 0 Å². The highest BCUT2D eigenvalue weighted by Crippen LogP contribution is 2.21. The lowest BCUT2D eigenvalue weighted by Crippen LogP contribution is -2.36. The van der Waals surface area contributed by atoms with E-state index in [0.29, 0.717) is 18.9 Å². The minimum atomic E-state index is 0.229. The summed E-state index contributed by atoms with van der Waals surface area (Å²) in [4.78, 5) is 14.1. The lowest BCUT2D eigenvalue weighted by molar-refractivity contribution is -0.132. The van der Waals surface area contributed by atoms with Crippen molar-refractivity contribution in [2.75, 3.05) is 19.6 Å². The van der Waals surface area contributed by atoms with E-state index in [9.17, 15) is 4.79 Å². The molecular weight excluding hydrogens is 212 g/mol. The van der Waals surface area contributed by atoms with Gasteiger partial charge < -0.3 is 10.6 Å². The molecule has 2 N–H and O–H groups in total. The Bertz CT molecular complexity index is 219. The Morgan fingerprint density at radius 3 is 2.29 bits per heavy atom. The maximum absolute atomic E-state index is 12.1. The number of carbonyl (C=O) groups is 1. The Morgan fingerprint density at radius 2 is 1.88 bits per heavy atom. The van der Waals surface area contributed by atoms with Gasteiger partial charge in [0.2, 0.25) is 5.91 Å². The molecule has 3 heteroatoms. The van der Waals surface area contributed by atoms with Crippen molar-refractivity contribution in [3.63, 3.8) is 0 Å². The highest BCUT2D eigenvalue weighted by atomic mass is 16.2. The van der Waals surface area contributed by atoms with E-state index < -0.39 is 0 Å². The summed E-state index contributed by atoms with van der Waals surface area (Å²) in [7, 11) is 0. The topological polar surface area (TPSA) is 46.3 Å². The van der Waals surface area contributed by atoms with Gasteiger partial charge in [0.15, 0.2) is 0 Å². The monoisotopic (exact) mass is 242 g/mol. The van der Waals surface area contributed by atoms with Crippen molar-refractivity contribution in [1.29, 1.82) is 0 Å². The van der Waals surface area contributed by atoms with Crippen LogP contribution in [0.5, 0.6) is 0 Å². The van der Waals surface area contributed by atoms with Crippen LogP contribution in [0.15, 0.2) is 0 Å². The SMILES string of the molecule is CC(C)CN(CCCN)C(=O)CCC(C)(C)C. The zero-order valence-electron chi connectivity index (χ0n) is 12.3. The molecule has 17 heavy (non-hydrogen) atoms. The van der Waals surface area contributed by atoms with Gasteiger partial charge in [-0.3, -0.25) is 4.79 Å². The molecule has 0 heterocycles. The molecular formula is C14H30N2O. The van der Waals surface area contributed by atoms with Crippen LogP contribution in [0.4, 0.5) is 0 Å². The Morgan fingerprint density at radius 1 is 1.29 bits per heavy atom. The second-order valence-electron chi connectivity index (χ2n) is 6.44. The third kappa shape index (κ3) is 9.16. The van der Waals surface area contributed by atoms with E-state index in [1.807, 2.05) is 4.90 Å². The van der Waals surface area contributed by atoms with Crippen molar-refractivity contribution in [1.82, 2.24) is 4.90 Å². The first-order valence-corrected chi connectivity index (χ1v) is 6.74. The van der Waals surface area contributed by atoms with E-state index in [-0.39, 0.29) is 11.3 Å². The zero-order valence-corrected chi connectivity index (χ0v) is 12.3. The number of amides is 1. The number of nitrogens with two attached hydrogens (primary N) is 1. The molecule has 0 aliphatic heterocycles. The first-order valence-electron chi connectivity index (χ1n) is 6.74. The number of carbonyl (C=O) groups excluding carboxylic acids is 1. The average Bonchev–Trinajstić information content (AvgIpc) is 2.19. The molecule has 0 atom stereocenters. The van der Waals surface area contributed by atoms with Crippen molar-refractivity contribution in [2.24, 2.45) is 17.1 Å². The Balaban J connectivity index is 4.21. The van der Waals surface area contributed by atoms with E-state index in [1.165, 1.54) is 0 Å². The predicted molar refractivity (Wildman–Crippen MR) is 73.8 cm³/mol. The number of hydrogen-bond acceptors (Lipinski definition) is 2. The summed E-state index contributed by atoms with van der Waals surface area (Å²) in [5, 5.41) is 0. The van der Waals surface area contributed by atoms with Crippen LogP contribution in [-0.4, -0.2) is 30.4 Å². The van der Waals surface area contributed by atoms with Crippen LogP contribution in [0, 0.1) is 11.3 Å². The summed E-state index contributed by atoms with van der Waals surface area (Å²) in [5.74, 6) is 0.799. The summed E-state index contributed by atoms with van der Waals surface area (Å²) in [5.41, 5.74) is 5.74. The third-order valence-electron chi connectivity index (χ3n) is 2.66. The molecule has 0 aromatic rings. The number of hydrogen-bond donors (Lipinski definition) is 1. The fraction of sp³-hybridized carbons (Fsp3) is 0.929. The van der Waals surface area contributed by atoms with E-state index in [0.717, 1.165) is 25.9 Å². The fourth-order valence-corrected chi connectivity index (χ4v) is 1.68. The second kappa shape index (κ2) is 7.70. The van der Waals surface area contributed by atoms with Crippen LogP contribution in [-0.2, 0) is 4.79 Å². The van der Waals surface area contributed by atoms with E-state index in [2.05, 4.69) is 34.6 Å². The highest BCUT2D eigenvalue weighted by Gasteiger charge is 2.18. The molecule has 0 spiro atoms. The summed E-state index contributed by atoms with van der Waals surface area (Å²) >= 11 is 0. The first-order chi connectivity index (χ1) is 7.76. The minimum Gasteiger partial charge on any atom is -0.342 e. The van der Waals surface area contributed by atoms with Crippen molar-refractivity contribution >= 4 is 5.91 Å². The first kappa shape index (κ1) is 16.4. The van der Waals surface area contributed by atoms with Crippen LogP contribution in [0.2, 0.25) is 0 Å². The van der Waals surface area contributed by atoms with Gasteiger partial charge in [0.1, 0.15) is 0 Å². The quantitative estimate of drug-likeness (QED) is 0.746. The standard InChI is InChI=1S/C14H30N2O/c1-12(2)11-16(10-6-9-15)13(17)7-8-14(3,4)5/h12H,6-11,15H2,1-5H3.